The van der Waals surface area contributed by atoms with Crippen LogP contribution >= 0.6 is 11.6 Å². The van der Waals surface area contributed by atoms with E-state index in [4.69, 9.17) is 11.6 Å². The average Bonchev–Trinajstić information content (AvgIpc) is 2.68. The number of ketones is 1. The van der Waals surface area contributed by atoms with Crippen molar-refractivity contribution in [1.29, 1.82) is 0 Å². The molecule has 0 saturated carbocycles. The summed E-state index contributed by atoms with van der Waals surface area (Å²) < 4.78 is 40.1. The summed E-state index contributed by atoms with van der Waals surface area (Å²) in [6.07, 6.45) is 0.414. The van der Waals surface area contributed by atoms with E-state index in [1.165, 1.54) is 48.5 Å². The third-order valence-corrected chi connectivity index (χ3v) is 5.85. The number of sulfonamides is 1. The topological polar surface area (TPSA) is 63.2 Å². The standard InChI is InChI=1S/C21H17ClFNO3S/c22-18-6-10-20(11-7-18)28(26,27)24-13-12-15-2-1-3-17(14-15)21(25)16-4-8-19(23)9-5-16/h1-11,14,24H,12-13H2. The monoisotopic (exact) mass is 417 g/mol. The molecular weight excluding hydrogens is 401 g/mol. The van der Waals surface area contributed by atoms with Crippen LogP contribution in [0.15, 0.2) is 77.7 Å². The van der Waals surface area contributed by atoms with E-state index in [-0.39, 0.29) is 17.2 Å². The second kappa shape index (κ2) is 8.65. The van der Waals surface area contributed by atoms with Crippen LogP contribution in [0.25, 0.3) is 0 Å². The molecule has 3 aromatic rings. The van der Waals surface area contributed by atoms with Gasteiger partial charge in [-0.2, -0.15) is 0 Å². The quantitative estimate of drug-likeness (QED) is 0.585. The van der Waals surface area contributed by atoms with Gasteiger partial charge in [0, 0.05) is 22.7 Å². The van der Waals surface area contributed by atoms with Crippen molar-refractivity contribution in [2.45, 2.75) is 11.3 Å². The van der Waals surface area contributed by atoms with Crippen molar-refractivity contribution in [2.75, 3.05) is 6.54 Å². The first-order valence-corrected chi connectivity index (χ1v) is 10.4. The Bertz CT molecular complexity index is 1080. The maximum atomic E-state index is 13.0. The molecule has 0 radical (unpaired) electrons. The van der Waals surface area contributed by atoms with E-state index >= 15 is 0 Å². The van der Waals surface area contributed by atoms with Crippen molar-refractivity contribution >= 4 is 27.4 Å². The highest BCUT2D eigenvalue weighted by Gasteiger charge is 2.14. The lowest BCUT2D eigenvalue weighted by molar-refractivity contribution is 0.103. The first-order chi connectivity index (χ1) is 13.3. The SMILES string of the molecule is O=C(c1ccc(F)cc1)c1cccc(CCNS(=O)(=O)c2ccc(Cl)cc2)c1. The Morgan fingerprint density at radius 2 is 1.61 bits per heavy atom. The van der Waals surface area contributed by atoms with Crippen molar-refractivity contribution in [3.05, 3.63) is 100 Å². The number of nitrogens with one attached hydrogen (secondary N) is 1. The van der Waals surface area contributed by atoms with Crippen molar-refractivity contribution in [3.8, 4) is 0 Å². The molecular formula is C21H17ClFNO3S. The summed E-state index contributed by atoms with van der Waals surface area (Å²) in [4.78, 5) is 12.6. The first kappa shape index (κ1) is 20.2. The van der Waals surface area contributed by atoms with Crippen LogP contribution in [0.1, 0.15) is 21.5 Å². The van der Waals surface area contributed by atoms with Gasteiger partial charge in [-0.15, -0.1) is 0 Å². The number of hydrogen-bond donors (Lipinski definition) is 1. The third kappa shape index (κ3) is 5.04. The lowest BCUT2D eigenvalue weighted by Crippen LogP contribution is -2.26. The predicted molar refractivity (Wildman–Crippen MR) is 107 cm³/mol. The lowest BCUT2D eigenvalue weighted by Gasteiger charge is -2.08. The second-order valence-corrected chi connectivity index (χ2v) is 8.34. The summed E-state index contributed by atoms with van der Waals surface area (Å²) in [5, 5.41) is 0.460. The number of rotatable bonds is 7. The van der Waals surface area contributed by atoms with E-state index in [0.717, 1.165) is 5.56 Å². The molecule has 1 N–H and O–H groups in total. The van der Waals surface area contributed by atoms with Gasteiger partial charge in [-0.05, 0) is 66.6 Å². The van der Waals surface area contributed by atoms with Crippen LogP contribution in [0.2, 0.25) is 5.02 Å². The van der Waals surface area contributed by atoms with Gasteiger partial charge in [-0.25, -0.2) is 17.5 Å². The summed E-state index contributed by atoms with van der Waals surface area (Å²) in [6.45, 7) is 0.180. The van der Waals surface area contributed by atoms with Crippen molar-refractivity contribution < 1.29 is 17.6 Å². The Morgan fingerprint density at radius 1 is 0.929 bits per heavy atom. The van der Waals surface area contributed by atoms with E-state index < -0.39 is 15.8 Å². The van der Waals surface area contributed by atoms with Crippen LogP contribution < -0.4 is 4.72 Å². The highest BCUT2D eigenvalue weighted by atomic mass is 35.5. The van der Waals surface area contributed by atoms with Crippen LogP contribution in [-0.2, 0) is 16.4 Å². The summed E-state index contributed by atoms with van der Waals surface area (Å²) in [7, 11) is -3.63. The van der Waals surface area contributed by atoms with Crippen molar-refractivity contribution in [2.24, 2.45) is 0 Å². The van der Waals surface area contributed by atoms with Gasteiger partial charge in [0.2, 0.25) is 10.0 Å². The van der Waals surface area contributed by atoms with Crippen LogP contribution in [-0.4, -0.2) is 20.7 Å². The van der Waals surface area contributed by atoms with Gasteiger partial charge in [0.05, 0.1) is 4.90 Å². The fraction of sp³-hybridized carbons (Fsp3) is 0.0952. The molecule has 0 aliphatic rings. The van der Waals surface area contributed by atoms with Crippen LogP contribution in [0.3, 0.4) is 0 Å². The van der Waals surface area contributed by atoms with Gasteiger partial charge in [0.1, 0.15) is 5.82 Å². The number of carbonyl (C=O) groups excluding carboxylic acids is 1. The summed E-state index contributed by atoms with van der Waals surface area (Å²) in [6, 6.07) is 18.2. The normalized spacial score (nSPS) is 11.4. The molecule has 0 unspecified atom stereocenters. The maximum Gasteiger partial charge on any atom is 0.240 e. The van der Waals surface area contributed by atoms with E-state index in [0.29, 0.717) is 22.6 Å². The Balaban J connectivity index is 1.65. The molecule has 0 aliphatic carbocycles. The smallest absolute Gasteiger partial charge is 0.240 e. The third-order valence-electron chi connectivity index (χ3n) is 4.13. The molecule has 3 aromatic carbocycles. The van der Waals surface area contributed by atoms with E-state index in [2.05, 4.69) is 4.72 Å². The lowest BCUT2D eigenvalue weighted by atomic mass is 10.0. The number of benzene rings is 3. The number of carbonyl (C=O) groups is 1. The van der Waals surface area contributed by atoms with Gasteiger partial charge >= 0.3 is 0 Å². The zero-order valence-corrected chi connectivity index (χ0v) is 16.3. The van der Waals surface area contributed by atoms with Gasteiger partial charge < -0.3 is 0 Å². The largest absolute Gasteiger partial charge is 0.289 e. The molecule has 0 heterocycles. The minimum absolute atomic E-state index is 0.136. The number of halogens is 2. The second-order valence-electron chi connectivity index (χ2n) is 6.14. The van der Waals surface area contributed by atoms with Crippen LogP contribution in [0, 0.1) is 5.82 Å². The summed E-state index contributed by atoms with van der Waals surface area (Å²) >= 11 is 5.78. The van der Waals surface area contributed by atoms with Crippen LogP contribution in [0.4, 0.5) is 4.39 Å². The molecule has 0 aromatic heterocycles. The fourth-order valence-corrected chi connectivity index (χ4v) is 3.82. The zero-order chi connectivity index (χ0) is 20.1. The Morgan fingerprint density at radius 3 is 2.29 bits per heavy atom. The molecule has 0 atom stereocenters. The summed E-state index contributed by atoms with van der Waals surface area (Å²) in [5.41, 5.74) is 1.67. The van der Waals surface area contributed by atoms with E-state index in [1.807, 2.05) is 6.07 Å². The highest BCUT2D eigenvalue weighted by Crippen LogP contribution is 2.15. The number of hydrogen-bond acceptors (Lipinski definition) is 3. The first-order valence-electron chi connectivity index (χ1n) is 8.49. The molecule has 0 saturated heterocycles. The minimum atomic E-state index is -3.63. The van der Waals surface area contributed by atoms with Gasteiger partial charge in [-0.3, -0.25) is 4.79 Å². The molecule has 7 heteroatoms. The Labute approximate surface area is 168 Å². The highest BCUT2D eigenvalue weighted by molar-refractivity contribution is 7.89. The molecule has 3 rings (SSSR count). The minimum Gasteiger partial charge on any atom is -0.289 e. The Kier molecular flexibility index (Phi) is 6.24. The molecule has 28 heavy (non-hydrogen) atoms. The molecule has 0 aliphatic heterocycles. The van der Waals surface area contributed by atoms with Gasteiger partial charge in [-0.1, -0.05) is 29.8 Å². The van der Waals surface area contributed by atoms with E-state index in [1.54, 1.807) is 18.2 Å². The van der Waals surface area contributed by atoms with Crippen LogP contribution in [0.5, 0.6) is 0 Å². The van der Waals surface area contributed by atoms with Gasteiger partial charge in [0.25, 0.3) is 0 Å². The zero-order valence-electron chi connectivity index (χ0n) is 14.7. The molecule has 0 spiro atoms. The Hall–Kier alpha value is -2.54. The molecule has 0 fully saturated rings. The fourth-order valence-electron chi connectivity index (χ4n) is 2.66. The molecule has 4 nitrogen and oxygen atoms in total. The van der Waals surface area contributed by atoms with Crippen molar-refractivity contribution in [3.63, 3.8) is 0 Å². The van der Waals surface area contributed by atoms with Gasteiger partial charge in [0.15, 0.2) is 5.78 Å². The predicted octanol–water partition coefficient (Wildman–Crippen LogP) is 4.23. The average molecular weight is 418 g/mol. The maximum absolute atomic E-state index is 13.0. The summed E-state index contributed by atoms with van der Waals surface area (Å²) in [5.74, 6) is -0.623. The molecule has 0 bridgehead atoms. The van der Waals surface area contributed by atoms with E-state index in [9.17, 15) is 17.6 Å². The van der Waals surface area contributed by atoms with Crippen molar-refractivity contribution in [1.82, 2.24) is 4.72 Å². The molecule has 144 valence electrons. The molecule has 0 amide bonds.